The Hall–Kier alpha value is -1.12. The van der Waals surface area contributed by atoms with E-state index in [-0.39, 0.29) is 23.4 Å². The van der Waals surface area contributed by atoms with E-state index in [2.05, 4.69) is 26.0 Å². The van der Waals surface area contributed by atoms with Crippen LogP contribution in [0.4, 0.5) is 0 Å². The molecule has 0 aromatic carbocycles. The van der Waals surface area contributed by atoms with E-state index in [4.69, 9.17) is 4.74 Å². The standard InChI is InChI=1S/C23H34O3/c1-14(24)19-7-8-20-18-6-5-16-13-17(26-15(2)25)9-11-22(16,3)21(18)10-12-23(19,20)4/h10,12,16-21H,5-9,11,13H2,1-4H3/t16?,17-,18+,19-,20+,21+,22+,23-/m1/s1. The van der Waals surface area contributed by atoms with Gasteiger partial charge in [0.2, 0.25) is 0 Å². The Labute approximate surface area is 157 Å². The smallest absolute Gasteiger partial charge is 0.302 e. The normalized spacial score (nSPS) is 49.7. The number of carbonyl (C=O) groups excluding carboxylic acids is 2. The predicted molar refractivity (Wildman–Crippen MR) is 101 cm³/mol. The lowest BCUT2D eigenvalue weighted by Crippen LogP contribution is -2.52. The van der Waals surface area contributed by atoms with E-state index in [0.717, 1.165) is 31.6 Å². The van der Waals surface area contributed by atoms with E-state index < -0.39 is 0 Å². The van der Waals surface area contributed by atoms with Gasteiger partial charge in [0.25, 0.3) is 0 Å². The fraction of sp³-hybridized carbons (Fsp3) is 0.826. The topological polar surface area (TPSA) is 43.4 Å². The quantitative estimate of drug-likeness (QED) is 0.518. The van der Waals surface area contributed by atoms with Gasteiger partial charge in [-0.1, -0.05) is 26.0 Å². The van der Waals surface area contributed by atoms with Gasteiger partial charge in [-0.3, -0.25) is 9.59 Å². The molecule has 0 spiro atoms. The molecular weight excluding hydrogens is 324 g/mol. The van der Waals surface area contributed by atoms with Crippen LogP contribution in [0.5, 0.6) is 0 Å². The second-order valence-corrected chi connectivity index (χ2v) is 10.0. The minimum absolute atomic E-state index is 0.0745. The van der Waals surface area contributed by atoms with Crippen LogP contribution < -0.4 is 0 Å². The van der Waals surface area contributed by atoms with Gasteiger partial charge in [-0.25, -0.2) is 0 Å². The van der Waals surface area contributed by atoms with Gasteiger partial charge < -0.3 is 4.74 Å². The molecule has 4 aliphatic rings. The lowest BCUT2D eigenvalue weighted by atomic mass is 9.46. The highest BCUT2D eigenvalue weighted by Crippen LogP contribution is 2.65. The molecule has 1 unspecified atom stereocenters. The number of carbonyl (C=O) groups is 2. The molecule has 0 aromatic rings. The number of allylic oxidation sites excluding steroid dienone is 2. The number of ether oxygens (including phenoxy) is 1. The molecule has 4 rings (SSSR count). The summed E-state index contributed by atoms with van der Waals surface area (Å²) < 4.78 is 5.55. The zero-order valence-electron chi connectivity index (χ0n) is 16.8. The molecule has 3 saturated carbocycles. The van der Waals surface area contributed by atoms with Gasteiger partial charge in [-0.15, -0.1) is 0 Å². The second-order valence-electron chi connectivity index (χ2n) is 10.0. The van der Waals surface area contributed by atoms with Crippen molar-refractivity contribution in [3.63, 3.8) is 0 Å². The summed E-state index contributed by atoms with van der Waals surface area (Å²) in [5.41, 5.74) is 0.400. The Balaban J connectivity index is 1.59. The van der Waals surface area contributed by atoms with E-state index in [0.29, 0.717) is 29.0 Å². The van der Waals surface area contributed by atoms with Gasteiger partial charge in [0.1, 0.15) is 11.9 Å². The summed E-state index contributed by atoms with van der Waals surface area (Å²) in [7, 11) is 0. The van der Waals surface area contributed by atoms with Gasteiger partial charge in [-0.2, -0.15) is 0 Å². The largest absolute Gasteiger partial charge is 0.463 e. The Kier molecular flexibility index (Phi) is 4.36. The fourth-order valence-electron chi connectivity index (χ4n) is 7.58. The molecule has 0 radical (unpaired) electrons. The summed E-state index contributed by atoms with van der Waals surface area (Å²) in [6, 6.07) is 0. The predicted octanol–water partition coefficient (Wildman–Crippen LogP) is 4.94. The van der Waals surface area contributed by atoms with Crippen molar-refractivity contribution in [1.29, 1.82) is 0 Å². The molecule has 3 heteroatoms. The Morgan fingerprint density at radius 1 is 1.04 bits per heavy atom. The van der Waals surface area contributed by atoms with E-state index in [9.17, 15) is 9.59 Å². The van der Waals surface area contributed by atoms with Crippen molar-refractivity contribution in [2.75, 3.05) is 0 Å². The minimum atomic E-state index is -0.137. The molecule has 0 N–H and O–H groups in total. The highest BCUT2D eigenvalue weighted by molar-refractivity contribution is 5.80. The molecule has 26 heavy (non-hydrogen) atoms. The molecule has 0 amide bonds. The zero-order chi connectivity index (χ0) is 18.7. The molecule has 0 aromatic heterocycles. The maximum absolute atomic E-state index is 12.2. The van der Waals surface area contributed by atoms with Crippen molar-refractivity contribution in [1.82, 2.24) is 0 Å². The molecule has 3 nitrogen and oxygen atoms in total. The number of ketones is 1. The number of esters is 1. The number of rotatable bonds is 2. The molecular formula is C23H34O3. The molecule has 144 valence electrons. The lowest BCUT2D eigenvalue weighted by Gasteiger charge is -2.58. The SMILES string of the molecule is CC(=O)O[C@@H]1CC[C@@]2(C)C(CC[C@H]3[C@@H]4CC[C@H](C(C)=O)[C@@]4(C)C=C[C@@H]32)C1. The number of hydrogen-bond donors (Lipinski definition) is 0. The highest BCUT2D eigenvalue weighted by Gasteiger charge is 2.59. The average molecular weight is 359 g/mol. The molecule has 0 heterocycles. The molecule has 0 aliphatic heterocycles. The summed E-state index contributed by atoms with van der Waals surface area (Å²) in [6.07, 6.45) is 13.0. The summed E-state index contributed by atoms with van der Waals surface area (Å²) >= 11 is 0. The first-order chi connectivity index (χ1) is 12.3. The van der Waals surface area contributed by atoms with E-state index in [1.54, 1.807) is 6.92 Å². The van der Waals surface area contributed by atoms with Crippen LogP contribution in [-0.4, -0.2) is 17.9 Å². The first kappa shape index (κ1) is 18.3. The summed E-state index contributed by atoms with van der Waals surface area (Å²) in [6.45, 7) is 8.14. The van der Waals surface area contributed by atoms with Crippen molar-refractivity contribution in [3.8, 4) is 0 Å². The van der Waals surface area contributed by atoms with Crippen LogP contribution in [-0.2, 0) is 14.3 Å². The van der Waals surface area contributed by atoms with Gasteiger partial charge in [0, 0.05) is 12.8 Å². The number of fused-ring (bicyclic) bond motifs is 5. The number of Topliss-reactive ketones (excluding diaryl/α,β-unsaturated/α-hetero) is 1. The van der Waals surface area contributed by atoms with Crippen LogP contribution in [0.15, 0.2) is 12.2 Å². The van der Waals surface area contributed by atoms with Gasteiger partial charge in [0.05, 0.1) is 0 Å². The first-order valence-corrected chi connectivity index (χ1v) is 10.6. The lowest BCUT2D eigenvalue weighted by molar-refractivity contribution is -0.154. The van der Waals surface area contributed by atoms with Crippen LogP contribution in [0.1, 0.15) is 72.6 Å². The van der Waals surface area contributed by atoms with E-state index >= 15 is 0 Å². The third-order valence-electron chi connectivity index (χ3n) is 8.88. The van der Waals surface area contributed by atoms with Crippen LogP contribution in [0.2, 0.25) is 0 Å². The van der Waals surface area contributed by atoms with Crippen LogP contribution in [0.25, 0.3) is 0 Å². The van der Waals surface area contributed by atoms with Crippen molar-refractivity contribution >= 4 is 11.8 Å². The fourth-order valence-corrected chi connectivity index (χ4v) is 7.58. The summed E-state index contributed by atoms with van der Waals surface area (Å²) in [4.78, 5) is 23.6. The molecule has 8 atom stereocenters. The molecule has 0 bridgehead atoms. The second kappa shape index (κ2) is 6.21. The highest BCUT2D eigenvalue weighted by atomic mass is 16.5. The van der Waals surface area contributed by atoms with Crippen molar-refractivity contribution in [2.24, 2.45) is 40.4 Å². The minimum Gasteiger partial charge on any atom is -0.463 e. The monoisotopic (exact) mass is 358 g/mol. The zero-order valence-corrected chi connectivity index (χ0v) is 16.8. The molecule has 4 aliphatic carbocycles. The maximum atomic E-state index is 12.2. The van der Waals surface area contributed by atoms with Crippen molar-refractivity contribution in [3.05, 3.63) is 12.2 Å². The Morgan fingerprint density at radius 3 is 2.50 bits per heavy atom. The summed E-state index contributed by atoms with van der Waals surface area (Å²) in [5.74, 6) is 3.12. The van der Waals surface area contributed by atoms with Crippen molar-refractivity contribution in [2.45, 2.75) is 78.7 Å². The summed E-state index contributed by atoms with van der Waals surface area (Å²) in [5, 5.41) is 0. The van der Waals surface area contributed by atoms with E-state index in [1.165, 1.54) is 26.2 Å². The van der Waals surface area contributed by atoms with Gasteiger partial charge >= 0.3 is 5.97 Å². The van der Waals surface area contributed by atoms with Crippen molar-refractivity contribution < 1.29 is 14.3 Å². The molecule has 3 fully saturated rings. The maximum Gasteiger partial charge on any atom is 0.302 e. The van der Waals surface area contributed by atoms with E-state index in [1.807, 2.05) is 0 Å². The van der Waals surface area contributed by atoms with Gasteiger partial charge in [0.15, 0.2) is 0 Å². The third kappa shape index (κ3) is 2.60. The van der Waals surface area contributed by atoms with Gasteiger partial charge in [-0.05, 0) is 86.4 Å². The Morgan fingerprint density at radius 2 is 1.81 bits per heavy atom. The average Bonchev–Trinajstić information content (AvgIpc) is 2.92. The molecule has 0 saturated heterocycles. The first-order valence-electron chi connectivity index (χ1n) is 10.6. The Bertz CT molecular complexity index is 637. The third-order valence-corrected chi connectivity index (χ3v) is 8.88. The number of hydrogen-bond acceptors (Lipinski definition) is 3. The van der Waals surface area contributed by atoms with Crippen LogP contribution in [0, 0.1) is 40.4 Å². The van der Waals surface area contributed by atoms with Crippen LogP contribution >= 0.6 is 0 Å². The van der Waals surface area contributed by atoms with Crippen LogP contribution in [0.3, 0.4) is 0 Å².